The van der Waals surface area contributed by atoms with Crippen LogP contribution in [0.25, 0.3) is 0 Å². The van der Waals surface area contributed by atoms with Gasteiger partial charge in [-0.25, -0.2) is 0 Å². The Kier molecular flexibility index (Phi) is 4.45. The molecule has 0 saturated heterocycles. The summed E-state index contributed by atoms with van der Waals surface area (Å²) in [6, 6.07) is 0. The van der Waals surface area contributed by atoms with Crippen LogP contribution in [-0.2, 0) is 11.2 Å². The highest BCUT2D eigenvalue weighted by Crippen LogP contribution is 2.37. The summed E-state index contributed by atoms with van der Waals surface area (Å²) in [7, 11) is 0. The van der Waals surface area contributed by atoms with E-state index in [0.717, 1.165) is 6.42 Å². The molecule has 1 aliphatic rings. The smallest absolute Gasteiger partial charge is 0.228 e. The number of hydrogen-bond donors (Lipinski definition) is 1. The number of carbonyl (C=O) groups excluding carboxylic acids is 1. The average molecular weight is 275 g/mol. The minimum absolute atomic E-state index is 0.0291. The first-order valence-corrected chi connectivity index (χ1v) is 6.57. The lowest BCUT2D eigenvalue weighted by Gasteiger charge is -2.08. The van der Waals surface area contributed by atoms with Gasteiger partial charge in [-0.15, -0.1) is 12.3 Å². The maximum absolute atomic E-state index is 11.7. The first kappa shape index (κ1) is 14.2. The van der Waals surface area contributed by atoms with Gasteiger partial charge < -0.3 is 9.84 Å². The van der Waals surface area contributed by atoms with E-state index in [2.05, 4.69) is 31.6 Å². The Balaban J connectivity index is 1.60. The highest BCUT2D eigenvalue weighted by Gasteiger charge is 2.39. The topological polar surface area (TPSA) is 92.7 Å². The second-order valence-corrected chi connectivity index (χ2v) is 4.72. The van der Waals surface area contributed by atoms with Crippen LogP contribution in [0, 0.1) is 19.3 Å². The standard InChI is InChI=1S/C13H17N5O2/c1-3-4-7-13(17-18-13)8-5-11(19)14-9-6-12-15-10(2)16-20-12/h1H,4-9H2,2H3,(H,14,19). The van der Waals surface area contributed by atoms with Crippen LogP contribution >= 0.6 is 0 Å². The molecule has 7 heteroatoms. The molecule has 2 rings (SSSR count). The van der Waals surface area contributed by atoms with Crippen molar-refractivity contribution in [2.24, 2.45) is 10.2 Å². The Hall–Kier alpha value is -2.23. The van der Waals surface area contributed by atoms with Gasteiger partial charge in [0.25, 0.3) is 0 Å². The molecule has 106 valence electrons. The zero-order chi connectivity index (χ0) is 14.4. The first-order chi connectivity index (χ1) is 9.63. The second-order valence-electron chi connectivity index (χ2n) is 4.72. The van der Waals surface area contributed by atoms with Crippen LogP contribution in [-0.4, -0.2) is 28.3 Å². The van der Waals surface area contributed by atoms with Crippen molar-refractivity contribution in [3.63, 3.8) is 0 Å². The summed E-state index contributed by atoms with van der Waals surface area (Å²) in [5.41, 5.74) is -0.396. The number of aromatic nitrogens is 2. The summed E-state index contributed by atoms with van der Waals surface area (Å²) in [6.07, 6.45) is 8.09. The maximum atomic E-state index is 11.7. The Morgan fingerprint density at radius 1 is 1.45 bits per heavy atom. The summed E-state index contributed by atoms with van der Waals surface area (Å²) in [5.74, 6) is 3.66. The van der Waals surface area contributed by atoms with E-state index in [1.165, 1.54) is 0 Å². The molecule has 1 aliphatic heterocycles. The van der Waals surface area contributed by atoms with Crippen LogP contribution in [0.5, 0.6) is 0 Å². The van der Waals surface area contributed by atoms with Gasteiger partial charge in [0.05, 0.1) is 0 Å². The summed E-state index contributed by atoms with van der Waals surface area (Å²) >= 11 is 0. The van der Waals surface area contributed by atoms with Gasteiger partial charge in [-0.05, 0) is 6.92 Å². The molecule has 1 amide bonds. The van der Waals surface area contributed by atoms with Crippen LogP contribution in [0.1, 0.15) is 37.4 Å². The van der Waals surface area contributed by atoms with Crippen LogP contribution in [0.4, 0.5) is 0 Å². The summed E-state index contributed by atoms with van der Waals surface area (Å²) in [5, 5.41) is 14.5. The van der Waals surface area contributed by atoms with Crippen LogP contribution in [0.3, 0.4) is 0 Å². The molecule has 0 aromatic carbocycles. The van der Waals surface area contributed by atoms with Crippen molar-refractivity contribution in [3.8, 4) is 12.3 Å². The lowest BCUT2D eigenvalue weighted by molar-refractivity contribution is -0.121. The van der Waals surface area contributed by atoms with Gasteiger partial charge in [0.2, 0.25) is 11.8 Å². The van der Waals surface area contributed by atoms with Crippen molar-refractivity contribution in [1.82, 2.24) is 15.5 Å². The molecule has 0 radical (unpaired) electrons. The van der Waals surface area contributed by atoms with Crippen molar-refractivity contribution < 1.29 is 9.32 Å². The largest absolute Gasteiger partial charge is 0.356 e. The highest BCUT2D eigenvalue weighted by molar-refractivity contribution is 5.75. The van der Waals surface area contributed by atoms with Gasteiger partial charge in [0.1, 0.15) is 0 Å². The third-order valence-electron chi connectivity index (χ3n) is 3.04. The Bertz CT molecular complexity index is 537. The normalized spacial score (nSPS) is 14.8. The Morgan fingerprint density at radius 2 is 2.25 bits per heavy atom. The molecule has 2 heterocycles. The van der Waals surface area contributed by atoms with Gasteiger partial charge in [-0.2, -0.15) is 15.2 Å². The van der Waals surface area contributed by atoms with E-state index in [4.69, 9.17) is 10.9 Å². The number of carbonyl (C=O) groups is 1. The van der Waals surface area contributed by atoms with Crippen molar-refractivity contribution in [3.05, 3.63) is 11.7 Å². The molecule has 0 bridgehead atoms. The molecule has 0 spiro atoms. The van der Waals surface area contributed by atoms with Crippen molar-refractivity contribution in [2.45, 2.75) is 44.7 Å². The first-order valence-electron chi connectivity index (χ1n) is 6.57. The van der Waals surface area contributed by atoms with E-state index in [1.807, 2.05) is 0 Å². The number of terminal acetylenes is 1. The van der Waals surface area contributed by atoms with Gasteiger partial charge in [0.15, 0.2) is 11.5 Å². The fourth-order valence-electron chi connectivity index (χ4n) is 1.82. The number of amides is 1. The zero-order valence-corrected chi connectivity index (χ0v) is 11.4. The number of nitrogens with one attached hydrogen (secondary N) is 1. The minimum Gasteiger partial charge on any atom is -0.356 e. The third kappa shape index (κ3) is 4.16. The fraction of sp³-hybridized carbons (Fsp3) is 0.615. The molecule has 1 aromatic heterocycles. The van der Waals surface area contributed by atoms with Gasteiger partial charge in [-0.1, -0.05) is 5.16 Å². The molecule has 0 atom stereocenters. The number of rotatable bonds is 8. The lowest BCUT2D eigenvalue weighted by Crippen LogP contribution is -2.27. The SMILES string of the molecule is C#CCCC1(CCC(=O)NCCc2nc(C)no2)N=N1. The predicted octanol–water partition coefficient (Wildman–Crippen LogP) is 1.39. The quantitative estimate of drug-likeness (QED) is 0.725. The maximum Gasteiger partial charge on any atom is 0.228 e. The fourth-order valence-corrected chi connectivity index (χ4v) is 1.82. The van der Waals surface area contributed by atoms with Crippen molar-refractivity contribution >= 4 is 5.91 Å². The molecular formula is C13H17N5O2. The predicted molar refractivity (Wildman–Crippen MR) is 70.6 cm³/mol. The van der Waals surface area contributed by atoms with Crippen LogP contribution < -0.4 is 5.32 Å². The molecule has 0 aliphatic carbocycles. The molecular weight excluding hydrogens is 258 g/mol. The van der Waals surface area contributed by atoms with Crippen molar-refractivity contribution in [1.29, 1.82) is 0 Å². The van der Waals surface area contributed by atoms with Gasteiger partial charge in [-0.3, -0.25) is 4.79 Å². The van der Waals surface area contributed by atoms with E-state index in [9.17, 15) is 4.79 Å². The zero-order valence-electron chi connectivity index (χ0n) is 11.4. The molecule has 0 saturated carbocycles. The van der Waals surface area contributed by atoms with E-state index >= 15 is 0 Å². The molecule has 7 nitrogen and oxygen atoms in total. The van der Waals surface area contributed by atoms with Crippen LogP contribution in [0.15, 0.2) is 14.8 Å². The van der Waals surface area contributed by atoms with Gasteiger partial charge >= 0.3 is 0 Å². The van der Waals surface area contributed by atoms with Gasteiger partial charge in [0, 0.05) is 38.6 Å². The molecule has 1 aromatic rings. The number of aryl methyl sites for hydroxylation is 1. The Labute approximate surface area is 117 Å². The molecule has 0 fully saturated rings. The van der Waals surface area contributed by atoms with E-state index < -0.39 is 5.66 Å². The number of nitrogens with zero attached hydrogens (tertiary/aromatic N) is 4. The van der Waals surface area contributed by atoms with Crippen molar-refractivity contribution in [2.75, 3.05) is 6.54 Å². The molecule has 1 N–H and O–H groups in total. The second kappa shape index (κ2) is 6.28. The number of hydrogen-bond acceptors (Lipinski definition) is 6. The lowest BCUT2D eigenvalue weighted by atomic mass is 10.0. The van der Waals surface area contributed by atoms with Crippen LogP contribution in [0.2, 0.25) is 0 Å². The monoisotopic (exact) mass is 275 g/mol. The average Bonchev–Trinajstić information content (AvgIpc) is 3.10. The van der Waals surface area contributed by atoms with E-state index in [0.29, 0.717) is 43.9 Å². The molecule has 20 heavy (non-hydrogen) atoms. The third-order valence-corrected chi connectivity index (χ3v) is 3.04. The van der Waals surface area contributed by atoms with E-state index in [1.54, 1.807) is 6.92 Å². The minimum atomic E-state index is -0.396. The molecule has 0 unspecified atom stereocenters. The summed E-state index contributed by atoms with van der Waals surface area (Å²) in [4.78, 5) is 15.7. The Morgan fingerprint density at radius 3 is 2.85 bits per heavy atom. The summed E-state index contributed by atoms with van der Waals surface area (Å²) in [6.45, 7) is 2.23. The van der Waals surface area contributed by atoms with E-state index in [-0.39, 0.29) is 5.91 Å². The summed E-state index contributed by atoms with van der Waals surface area (Å²) < 4.78 is 4.95. The highest BCUT2D eigenvalue weighted by atomic mass is 16.5.